The summed E-state index contributed by atoms with van der Waals surface area (Å²) in [6.07, 6.45) is 1.28. The first kappa shape index (κ1) is 13.2. The average Bonchev–Trinajstić information content (AvgIpc) is 2.86. The van der Waals surface area contributed by atoms with Crippen LogP contribution in [0.5, 0.6) is 0 Å². The third-order valence-electron chi connectivity index (χ3n) is 3.30. The number of rotatable bonds is 2. The van der Waals surface area contributed by atoms with Gasteiger partial charge in [-0.1, -0.05) is 6.07 Å². The predicted molar refractivity (Wildman–Crippen MR) is 72.7 cm³/mol. The number of benzene rings is 2. The number of carbonyl (C=O) groups is 1. The van der Waals surface area contributed by atoms with Crippen LogP contribution in [-0.4, -0.2) is 20.6 Å². The highest BCUT2D eigenvalue weighted by molar-refractivity contribution is 5.92. The van der Waals surface area contributed by atoms with Gasteiger partial charge in [0.15, 0.2) is 5.82 Å². The van der Waals surface area contributed by atoms with Crippen molar-refractivity contribution >= 4 is 17.0 Å². The predicted octanol–water partition coefficient (Wildman–Crippen LogP) is 3.31. The molecule has 0 bridgehead atoms. The largest absolute Gasteiger partial charge is 0.478 e. The van der Waals surface area contributed by atoms with Crippen LogP contribution in [0.3, 0.4) is 0 Å². The van der Waals surface area contributed by atoms with E-state index in [1.165, 1.54) is 48.1 Å². The fraction of sp³-hybridized carbons (Fsp3) is 0.0667. The molecule has 106 valence electrons. The van der Waals surface area contributed by atoms with Gasteiger partial charge in [-0.3, -0.25) is 4.57 Å². The molecule has 0 aliphatic heterocycles. The van der Waals surface area contributed by atoms with Crippen molar-refractivity contribution in [1.29, 1.82) is 0 Å². The lowest BCUT2D eigenvalue weighted by Crippen LogP contribution is -2.03. The molecule has 0 saturated heterocycles. The first-order valence-electron chi connectivity index (χ1n) is 6.14. The second-order valence-corrected chi connectivity index (χ2v) is 4.65. The van der Waals surface area contributed by atoms with Crippen molar-refractivity contribution in [2.24, 2.45) is 0 Å². The minimum atomic E-state index is -1.12. The Morgan fingerprint density at radius 2 is 2.00 bits per heavy atom. The van der Waals surface area contributed by atoms with Crippen LogP contribution in [0.25, 0.3) is 16.7 Å². The first-order valence-corrected chi connectivity index (χ1v) is 6.14. The monoisotopic (exact) mass is 288 g/mol. The smallest absolute Gasteiger partial charge is 0.335 e. The van der Waals surface area contributed by atoms with E-state index in [4.69, 9.17) is 5.11 Å². The van der Waals surface area contributed by atoms with Gasteiger partial charge in [0, 0.05) is 0 Å². The van der Waals surface area contributed by atoms with Crippen LogP contribution in [0, 0.1) is 18.6 Å². The van der Waals surface area contributed by atoms with Gasteiger partial charge in [0.25, 0.3) is 0 Å². The summed E-state index contributed by atoms with van der Waals surface area (Å²) >= 11 is 0. The fourth-order valence-corrected chi connectivity index (χ4v) is 2.18. The molecule has 0 amide bonds. The third-order valence-corrected chi connectivity index (χ3v) is 3.30. The molecule has 1 heterocycles. The summed E-state index contributed by atoms with van der Waals surface area (Å²) in [5, 5.41) is 9.02. The lowest BCUT2D eigenvalue weighted by Gasteiger charge is -2.09. The van der Waals surface area contributed by atoms with Gasteiger partial charge < -0.3 is 5.11 Å². The van der Waals surface area contributed by atoms with Crippen LogP contribution in [0.4, 0.5) is 8.78 Å². The Labute approximate surface area is 118 Å². The topological polar surface area (TPSA) is 55.1 Å². The van der Waals surface area contributed by atoms with Crippen molar-refractivity contribution in [3.63, 3.8) is 0 Å². The van der Waals surface area contributed by atoms with E-state index in [0.717, 1.165) is 0 Å². The van der Waals surface area contributed by atoms with Gasteiger partial charge in [-0.2, -0.15) is 0 Å². The average molecular weight is 288 g/mol. The van der Waals surface area contributed by atoms with Gasteiger partial charge in [-0.15, -0.1) is 0 Å². The molecule has 6 heteroatoms. The molecule has 0 atom stereocenters. The number of carboxylic acids is 1. The normalized spacial score (nSPS) is 11.0. The summed E-state index contributed by atoms with van der Waals surface area (Å²) < 4.78 is 29.4. The number of hydrogen-bond acceptors (Lipinski definition) is 2. The molecule has 21 heavy (non-hydrogen) atoms. The molecule has 0 radical (unpaired) electrons. The lowest BCUT2D eigenvalue weighted by molar-refractivity contribution is 0.0697. The maximum Gasteiger partial charge on any atom is 0.335 e. The fourth-order valence-electron chi connectivity index (χ4n) is 2.18. The van der Waals surface area contributed by atoms with E-state index in [1.807, 2.05) is 0 Å². The number of aromatic carboxylic acids is 1. The number of halogens is 2. The molecule has 0 saturated carbocycles. The number of aryl methyl sites for hydroxylation is 1. The highest BCUT2D eigenvalue weighted by Gasteiger charge is 2.17. The van der Waals surface area contributed by atoms with E-state index in [-0.39, 0.29) is 11.3 Å². The molecule has 0 aliphatic rings. The van der Waals surface area contributed by atoms with Gasteiger partial charge in [0.1, 0.15) is 17.8 Å². The molecule has 0 unspecified atom stereocenters. The van der Waals surface area contributed by atoms with Crippen molar-refractivity contribution in [3.05, 3.63) is 59.4 Å². The zero-order chi connectivity index (χ0) is 15.1. The molecule has 2 aromatic carbocycles. The molecule has 1 N–H and O–H groups in total. The number of fused-ring (bicyclic) bond motifs is 1. The van der Waals surface area contributed by atoms with E-state index in [1.54, 1.807) is 0 Å². The summed E-state index contributed by atoms with van der Waals surface area (Å²) in [6, 6.07) is 6.74. The Morgan fingerprint density at radius 3 is 2.71 bits per heavy atom. The molecule has 0 spiro atoms. The van der Waals surface area contributed by atoms with Crippen LogP contribution in [-0.2, 0) is 0 Å². The molecule has 3 rings (SSSR count). The van der Waals surface area contributed by atoms with E-state index in [2.05, 4.69) is 4.98 Å². The number of nitrogens with zero attached hydrogens (tertiary/aromatic N) is 2. The summed E-state index contributed by atoms with van der Waals surface area (Å²) in [7, 11) is 0. The second-order valence-electron chi connectivity index (χ2n) is 4.65. The zero-order valence-electron chi connectivity index (χ0n) is 11.0. The van der Waals surface area contributed by atoms with Crippen LogP contribution in [0.15, 0.2) is 36.7 Å². The molecule has 3 aromatic rings. The zero-order valence-corrected chi connectivity index (χ0v) is 11.0. The molecular weight excluding hydrogens is 278 g/mol. The van der Waals surface area contributed by atoms with Crippen LogP contribution in [0.1, 0.15) is 15.9 Å². The number of carboxylic acid groups (broad SMARTS) is 1. The lowest BCUT2D eigenvalue weighted by atomic mass is 10.1. The Bertz CT molecular complexity index is 871. The van der Waals surface area contributed by atoms with Crippen molar-refractivity contribution in [2.45, 2.75) is 6.92 Å². The maximum atomic E-state index is 14.2. The standard InChI is InChI=1S/C15H10F2N2O2/c1-8-2-4-10(16)14(13(8)17)19-7-18-11-5-3-9(15(20)21)6-12(11)19/h2-7H,1H3,(H,20,21). The van der Waals surface area contributed by atoms with Gasteiger partial charge in [-0.05, 0) is 36.8 Å². The van der Waals surface area contributed by atoms with Crippen molar-refractivity contribution in [2.75, 3.05) is 0 Å². The van der Waals surface area contributed by atoms with Crippen molar-refractivity contribution in [1.82, 2.24) is 9.55 Å². The molecule has 4 nitrogen and oxygen atoms in total. The molecular formula is C15H10F2N2O2. The first-order chi connectivity index (χ1) is 9.99. The van der Waals surface area contributed by atoms with E-state index in [0.29, 0.717) is 16.6 Å². The van der Waals surface area contributed by atoms with Gasteiger partial charge in [0.05, 0.1) is 16.6 Å². The second kappa shape index (κ2) is 4.66. The Balaban J connectivity index is 2.33. The summed E-state index contributed by atoms with van der Waals surface area (Å²) in [5.41, 5.74) is 0.846. The Kier molecular flexibility index (Phi) is 2.94. The van der Waals surface area contributed by atoms with Gasteiger partial charge in [0.2, 0.25) is 0 Å². The highest BCUT2D eigenvalue weighted by Crippen LogP contribution is 2.25. The maximum absolute atomic E-state index is 14.2. The molecule has 0 fully saturated rings. The van der Waals surface area contributed by atoms with E-state index < -0.39 is 17.6 Å². The number of imidazole rings is 1. The summed E-state index contributed by atoms with van der Waals surface area (Å²) in [5.74, 6) is -2.55. The minimum absolute atomic E-state index is 0.0257. The van der Waals surface area contributed by atoms with Crippen molar-refractivity contribution in [3.8, 4) is 5.69 Å². The number of aromatic nitrogens is 2. The van der Waals surface area contributed by atoms with Gasteiger partial charge in [-0.25, -0.2) is 18.6 Å². The van der Waals surface area contributed by atoms with Crippen LogP contribution < -0.4 is 0 Å². The molecule has 1 aromatic heterocycles. The van der Waals surface area contributed by atoms with Crippen LogP contribution >= 0.6 is 0 Å². The quantitative estimate of drug-likeness (QED) is 0.787. The molecule has 0 aliphatic carbocycles. The van der Waals surface area contributed by atoms with E-state index >= 15 is 0 Å². The summed E-state index contributed by atoms with van der Waals surface area (Å²) in [4.78, 5) is 15.1. The van der Waals surface area contributed by atoms with Crippen molar-refractivity contribution < 1.29 is 18.7 Å². The van der Waals surface area contributed by atoms with Gasteiger partial charge >= 0.3 is 5.97 Å². The summed E-state index contributed by atoms with van der Waals surface area (Å²) in [6.45, 7) is 1.53. The Morgan fingerprint density at radius 1 is 1.24 bits per heavy atom. The Hall–Kier alpha value is -2.76. The SMILES string of the molecule is Cc1ccc(F)c(-n2cnc3ccc(C(=O)O)cc32)c1F. The highest BCUT2D eigenvalue weighted by atomic mass is 19.1. The van der Waals surface area contributed by atoms with Crippen LogP contribution in [0.2, 0.25) is 0 Å². The number of hydrogen-bond donors (Lipinski definition) is 1. The third kappa shape index (κ3) is 2.05. The van der Waals surface area contributed by atoms with E-state index in [9.17, 15) is 13.6 Å². The minimum Gasteiger partial charge on any atom is -0.478 e.